The second-order valence-electron chi connectivity index (χ2n) is 2.81. The minimum absolute atomic E-state index is 0.667. The van der Waals surface area contributed by atoms with Crippen LogP contribution in [0.4, 0.5) is 0 Å². The van der Waals surface area contributed by atoms with E-state index in [1.165, 1.54) is 17.8 Å². The molecule has 0 saturated carbocycles. The highest BCUT2D eigenvalue weighted by molar-refractivity contribution is 5.78. The van der Waals surface area contributed by atoms with Gasteiger partial charge in [-0.25, -0.2) is 0 Å². The number of H-pyrrole nitrogens is 1. The maximum absolute atomic E-state index is 7.83. The standard InChI is InChI=1S/C8H7N.C2H7NO/c1-2-4-8-7(3-1)5-6-9-8;1-2(3)4/h1-6,9H;2,4H,3H2,1H3. The first kappa shape index (κ1) is 9.77. The van der Waals surface area contributed by atoms with Crippen LogP contribution < -0.4 is 5.73 Å². The summed E-state index contributed by atoms with van der Waals surface area (Å²) in [4.78, 5) is 3.12. The Morgan fingerprint density at radius 1 is 1.31 bits per heavy atom. The second-order valence-corrected chi connectivity index (χ2v) is 2.81. The molecule has 1 heterocycles. The summed E-state index contributed by atoms with van der Waals surface area (Å²) >= 11 is 0. The topological polar surface area (TPSA) is 62.0 Å². The number of benzene rings is 1. The van der Waals surface area contributed by atoms with Crippen LogP contribution in [0.15, 0.2) is 36.5 Å². The van der Waals surface area contributed by atoms with Gasteiger partial charge in [0.2, 0.25) is 0 Å². The first-order valence-electron chi connectivity index (χ1n) is 4.16. The van der Waals surface area contributed by atoms with Crippen molar-refractivity contribution in [1.82, 2.24) is 4.98 Å². The molecular formula is C10H14N2O. The van der Waals surface area contributed by atoms with Gasteiger partial charge in [-0.3, -0.25) is 0 Å². The van der Waals surface area contributed by atoms with Gasteiger partial charge in [-0.05, 0) is 24.4 Å². The van der Waals surface area contributed by atoms with Gasteiger partial charge in [-0.1, -0.05) is 18.2 Å². The number of hydrogen-bond donors (Lipinski definition) is 3. The van der Waals surface area contributed by atoms with Crippen LogP contribution in [0.5, 0.6) is 0 Å². The number of rotatable bonds is 0. The Morgan fingerprint density at radius 3 is 2.54 bits per heavy atom. The average molecular weight is 178 g/mol. The minimum atomic E-state index is -0.667. The molecule has 0 saturated heterocycles. The van der Waals surface area contributed by atoms with Gasteiger partial charge < -0.3 is 15.8 Å². The van der Waals surface area contributed by atoms with Crippen molar-refractivity contribution < 1.29 is 5.11 Å². The number of nitrogens with one attached hydrogen (secondary N) is 1. The molecule has 3 nitrogen and oxygen atoms in total. The van der Waals surface area contributed by atoms with E-state index < -0.39 is 6.23 Å². The number of para-hydroxylation sites is 1. The molecule has 0 bridgehead atoms. The van der Waals surface area contributed by atoms with E-state index in [4.69, 9.17) is 5.11 Å². The number of aromatic amines is 1. The molecule has 0 radical (unpaired) electrons. The monoisotopic (exact) mass is 178 g/mol. The summed E-state index contributed by atoms with van der Waals surface area (Å²) in [5.74, 6) is 0. The molecule has 70 valence electrons. The van der Waals surface area contributed by atoms with Gasteiger partial charge in [-0.15, -0.1) is 0 Å². The molecule has 3 heteroatoms. The van der Waals surface area contributed by atoms with Gasteiger partial charge in [0.05, 0.1) is 6.23 Å². The van der Waals surface area contributed by atoms with Crippen molar-refractivity contribution in [3.8, 4) is 0 Å². The molecule has 1 aromatic carbocycles. The van der Waals surface area contributed by atoms with E-state index in [-0.39, 0.29) is 0 Å². The zero-order chi connectivity index (χ0) is 9.68. The molecule has 0 aliphatic rings. The highest BCUT2D eigenvalue weighted by Gasteiger charge is 1.86. The van der Waals surface area contributed by atoms with Gasteiger partial charge >= 0.3 is 0 Å². The maximum atomic E-state index is 7.83. The zero-order valence-corrected chi connectivity index (χ0v) is 7.57. The van der Waals surface area contributed by atoms with E-state index in [9.17, 15) is 0 Å². The molecule has 13 heavy (non-hydrogen) atoms. The van der Waals surface area contributed by atoms with Crippen LogP contribution in [0, 0.1) is 0 Å². The molecule has 2 rings (SSSR count). The van der Waals surface area contributed by atoms with E-state index in [0.717, 1.165) is 0 Å². The molecule has 2 aromatic rings. The molecule has 0 aliphatic carbocycles. The fourth-order valence-electron chi connectivity index (χ4n) is 0.995. The predicted octanol–water partition coefficient (Wildman–Crippen LogP) is 1.45. The smallest absolute Gasteiger partial charge is 0.0991 e. The third-order valence-corrected chi connectivity index (χ3v) is 1.46. The Balaban J connectivity index is 0.000000184. The third kappa shape index (κ3) is 3.27. The summed E-state index contributed by atoms with van der Waals surface area (Å²) < 4.78 is 0. The molecule has 1 aromatic heterocycles. The number of hydrogen-bond acceptors (Lipinski definition) is 2. The molecule has 0 fully saturated rings. The normalized spacial score (nSPS) is 11.9. The summed E-state index contributed by atoms with van der Waals surface area (Å²) in [5, 5.41) is 9.11. The number of aromatic nitrogens is 1. The summed E-state index contributed by atoms with van der Waals surface area (Å²) in [6.45, 7) is 1.50. The van der Waals surface area contributed by atoms with Crippen molar-refractivity contribution in [2.75, 3.05) is 0 Å². The number of aliphatic hydroxyl groups excluding tert-OH is 1. The van der Waals surface area contributed by atoms with Gasteiger partial charge in [0, 0.05) is 11.7 Å². The predicted molar refractivity (Wildman–Crippen MR) is 54.2 cm³/mol. The van der Waals surface area contributed by atoms with E-state index in [1.54, 1.807) is 0 Å². The van der Waals surface area contributed by atoms with Crippen LogP contribution in [-0.4, -0.2) is 16.3 Å². The first-order valence-corrected chi connectivity index (χ1v) is 4.16. The van der Waals surface area contributed by atoms with Gasteiger partial charge in [0.25, 0.3) is 0 Å². The SMILES string of the molecule is CC(N)O.c1ccc2[nH]ccc2c1. The lowest BCUT2D eigenvalue weighted by molar-refractivity contribution is 0.203. The van der Waals surface area contributed by atoms with Crippen LogP contribution in [0.2, 0.25) is 0 Å². The fraction of sp³-hybridized carbons (Fsp3) is 0.200. The summed E-state index contributed by atoms with van der Waals surface area (Å²) in [6.07, 6.45) is 1.28. The molecule has 0 spiro atoms. The van der Waals surface area contributed by atoms with Crippen molar-refractivity contribution in [3.05, 3.63) is 36.5 Å². The summed E-state index contributed by atoms with van der Waals surface area (Å²) in [5.41, 5.74) is 5.87. The van der Waals surface area contributed by atoms with Crippen molar-refractivity contribution >= 4 is 10.9 Å². The van der Waals surface area contributed by atoms with E-state index in [0.29, 0.717) is 0 Å². The van der Waals surface area contributed by atoms with Crippen molar-refractivity contribution in [2.45, 2.75) is 13.2 Å². The first-order chi connectivity index (χ1) is 6.20. The lowest BCUT2D eigenvalue weighted by atomic mass is 10.3. The van der Waals surface area contributed by atoms with Crippen LogP contribution in [0.1, 0.15) is 6.92 Å². The van der Waals surface area contributed by atoms with Gasteiger partial charge in [0.1, 0.15) is 0 Å². The van der Waals surface area contributed by atoms with Crippen LogP contribution in [-0.2, 0) is 0 Å². The summed E-state index contributed by atoms with van der Waals surface area (Å²) in [7, 11) is 0. The second kappa shape index (κ2) is 4.64. The molecule has 0 aliphatic heterocycles. The van der Waals surface area contributed by atoms with Crippen molar-refractivity contribution in [2.24, 2.45) is 5.73 Å². The Labute approximate surface area is 77.2 Å². The van der Waals surface area contributed by atoms with Crippen LogP contribution in [0.25, 0.3) is 10.9 Å². The minimum Gasteiger partial charge on any atom is -0.379 e. The van der Waals surface area contributed by atoms with E-state index in [1.807, 2.05) is 18.3 Å². The fourth-order valence-corrected chi connectivity index (χ4v) is 0.995. The molecule has 1 atom stereocenters. The largest absolute Gasteiger partial charge is 0.379 e. The zero-order valence-electron chi connectivity index (χ0n) is 7.57. The highest BCUT2D eigenvalue weighted by Crippen LogP contribution is 2.09. The number of nitrogens with two attached hydrogens (primary N) is 1. The van der Waals surface area contributed by atoms with E-state index in [2.05, 4.69) is 28.9 Å². The molecular weight excluding hydrogens is 164 g/mol. The van der Waals surface area contributed by atoms with Gasteiger partial charge in [0.15, 0.2) is 0 Å². The summed E-state index contributed by atoms with van der Waals surface area (Å²) in [6, 6.07) is 10.3. The lowest BCUT2D eigenvalue weighted by Crippen LogP contribution is -2.11. The molecule has 0 amide bonds. The van der Waals surface area contributed by atoms with Crippen molar-refractivity contribution in [1.29, 1.82) is 0 Å². The third-order valence-electron chi connectivity index (χ3n) is 1.46. The van der Waals surface area contributed by atoms with E-state index >= 15 is 0 Å². The van der Waals surface area contributed by atoms with Crippen LogP contribution >= 0.6 is 0 Å². The average Bonchev–Trinajstić information content (AvgIpc) is 2.49. The maximum Gasteiger partial charge on any atom is 0.0991 e. The van der Waals surface area contributed by atoms with Gasteiger partial charge in [-0.2, -0.15) is 0 Å². The molecule has 1 unspecified atom stereocenters. The number of aliphatic hydroxyl groups is 1. The Bertz CT molecular complexity index is 321. The quantitative estimate of drug-likeness (QED) is 0.535. The van der Waals surface area contributed by atoms with Crippen molar-refractivity contribution in [3.63, 3.8) is 0 Å². The highest BCUT2D eigenvalue weighted by atomic mass is 16.3. The Kier molecular flexibility index (Phi) is 3.49. The van der Waals surface area contributed by atoms with Crippen LogP contribution in [0.3, 0.4) is 0 Å². The molecule has 4 N–H and O–H groups in total. The lowest BCUT2D eigenvalue weighted by Gasteiger charge is -1.83. The Hall–Kier alpha value is -1.32. The Morgan fingerprint density at radius 2 is 1.92 bits per heavy atom. The number of fused-ring (bicyclic) bond motifs is 1.